The molecule has 6 nitrogen and oxygen atoms in total. The number of nitrogens with zero attached hydrogens (tertiary/aromatic N) is 2. The molecule has 0 spiro atoms. The van der Waals surface area contributed by atoms with E-state index in [1.165, 1.54) is 4.88 Å². The lowest BCUT2D eigenvalue weighted by Gasteiger charge is -2.24. The first-order valence-electron chi connectivity index (χ1n) is 10.2. The molecule has 162 valence electrons. The second-order valence-corrected chi connectivity index (χ2v) is 8.50. The standard InChI is InChI=1S/C24H26N2O4S/c1-6-17-9-16(20-8-7-18(27-4)11-21(20)28-5)10-19(30-17)12-29-23-22-14(2)15(3)31-24(22)26-13-25-23/h7-11,13,17H,6,12H2,1-5H3. The zero-order chi connectivity index (χ0) is 22.0. The second kappa shape index (κ2) is 8.98. The molecule has 3 aromatic rings. The maximum absolute atomic E-state index is 6.13. The van der Waals surface area contributed by atoms with Crippen LogP contribution in [0.4, 0.5) is 0 Å². The van der Waals surface area contributed by atoms with Crippen molar-refractivity contribution in [3.8, 4) is 17.4 Å². The molecule has 2 aromatic heterocycles. The van der Waals surface area contributed by atoms with E-state index in [2.05, 4.69) is 36.8 Å². The molecule has 0 N–H and O–H groups in total. The molecule has 7 heteroatoms. The van der Waals surface area contributed by atoms with E-state index < -0.39 is 0 Å². The van der Waals surface area contributed by atoms with Crippen LogP contribution in [0.25, 0.3) is 15.8 Å². The Labute approximate surface area is 186 Å². The number of thiophene rings is 1. The number of methoxy groups -OCH3 is 2. The third-order valence-electron chi connectivity index (χ3n) is 5.39. The van der Waals surface area contributed by atoms with Gasteiger partial charge in [-0.05, 0) is 55.7 Å². The summed E-state index contributed by atoms with van der Waals surface area (Å²) in [5, 5.41) is 0.973. The number of benzene rings is 1. The zero-order valence-electron chi connectivity index (χ0n) is 18.4. The summed E-state index contributed by atoms with van der Waals surface area (Å²) >= 11 is 1.65. The molecule has 0 amide bonds. The average Bonchev–Trinajstić information content (AvgIpc) is 3.10. The highest BCUT2D eigenvalue weighted by Gasteiger charge is 2.20. The first-order chi connectivity index (χ1) is 15.0. The molecule has 4 rings (SSSR count). The Morgan fingerprint density at radius 2 is 1.97 bits per heavy atom. The van der Waals surface area contributed by atoms with Crippen LogP contribution in [-0.4, -0.2) is 36.9 Å². The Kier molecular flexibility index (Phi) is 6.13. The van der Waals surface area contributed by atoms with Crippen molar-refractivity contribution in [3.63, 3.8) is 0 Å². The Morgan fingerprint density at radius 1 is 1.13 bits per heavy atom. The Hall–Kier alpha value is -3.06. The second-order valence-electron chi connectivity index (χ2n) is 7.29. The minimum atomic E-state index is -0.0408. The molecule has 1 aromatic carbocycles. The fourth-order valence-corrected chi connectivity index (χ4v) is 4.55. The summed E-state index contributed by atoms with van der Waals surface area (Å²) in [6.07, 6.45) is 6.47. The molecule has 0 aliphatic carbocycles. The van der Waals surface area contributed by atoms with E-state index in [4.69, 9.17) is 18.9 Å². The molecule has 1 aliphatic rings. The monoisotopic (exact) mass is 438 g/mol. The summed E-state index contributed by atoms with van der Waals surface area (Å²) in [5.74, 6) is 2.84. The van der Waals surface area contributed by atoms with Crippen LogP contribution in [0.15, 0.2) is 42.4 Å². The van der Waals surface area contributed by atoms with Gasteiger partial charge in [-0.15, -0.1) is 11.3 Å². The number of rotatable bonds is 7. The van der Waals surface area contributed by atoms with Crippen molar-refractivity contribution in [3.05, 3.63) is 58.4 Å². The van der Waals surface area contributed by atoms with Gasteiger partial charge < -0.3 is 18.9 Å². The molecule has 1 aliphatic heterocycles. The summed E-state index contributed by atoms with van der Waals surface area (Å²) in [7, 11) is 3.31. The molecule has 0 saturated carbocycles. The van der Waals surface area contributed by atoms with E-state index >= 15 is 0 Å². The normalized spacial score (nSPS) is 15.8. The maximum Gasteiger partial charge on any atom is 0.226 e. The molecule has 1 atom stereocenters. The molecule has 0 radical (unpaired) electrons. The molecule has 0 bridgehead atoms. The van der Waals surface area contributed by atoms with Gasteiger partial charge in [-0.1, -0.05) is 6.92 Å². The van der Waals surface area contributed by atoms with Crippen LogP contribution in [0.5, 0.6) is 17.4 Å². The predicted molar refractivity (Wildman–Crippen MR) is 123 cm³/mol. The van der Waals surface area contributed by atoms with Crippen LogP contribution in [-0.2, 0) is 4.74 Å². The first kappa shape index (κ1) is 21.2. The van der Waals surface area contributed by atoms with Crippen LogP contribution in [0, 0.1) is 13.8 Å². The number of hydrogen-bond acceptors (Lipinski definition) is 7. The van der Waals surface area contributed by atoms with Gasteiger partial charge in [0.05, 0.1) is 19.6 Å². The lowest BCUT2D eigenvalue weighted by atomic mass is 9.99. The summed E-state index contributed by atoms with van der Waals surface area (Å²) in [5.41, 5.74) is 3.17. The average molecular weight is 439 g/mol. The van der Waals surface area contributed by atoms with Gasteiger partial charge in [0, 0.05) is 16.5 Å². The van der Waals surface area contributed by atoms with Gasteiger partial charge in [0.15, 0.2) is 0 Å². The third-order valence-corrected chi connectivity index (χ3v) is 6.50. The van der Waals surface area contributed by atoms with Crippen molar-refractivity contribution in [2.45, 2.75) is 33.3 Å². The summed E-state index contributed by atoms with van der Waals surface area (Å²) < 4.78 is 23.2. The Bertz CT molecular complexity index is 1170. The Balaban J connectivity index is 1.62. The third kappa shape index (κ3) is 4.23. The predicted octanol–water partition coefficient (Wildman–Crippen LogP) is 5.48. The number of hydrogen-bond donors (Lipinski definition) is 0. The first-order valence-corrected chi connectivity index (χ1v) is 11.0. The lowest BCUT2D eigenvalue weighted by Crippen LogP contribution is -2.17. The smallest absolute Gasteiger partial charge is 0.226 e. The van der Waals surface area contributed by atoms with Crippen LogP contribution in [0.3, 0.4) is 0 Å². The van der Waals surface area contributed by atoms with Crippen LogP contribution < -0.4 is 14.2 Å². The van der Waals surface area contributed by atoms with Gasteiger partial charge in [0.2, 0.25) is 5.88 Å². The van der Waals surface area contributed by atoms with Crippen molar-refractivity contribution in [2.24, 2.45) is 0 Å². The van der Waals surface area contributed by atoms with Crippen molar-refractivity contribution in [1.29, 1.82) is 0 Å². The highest BCUT2D eigenvalue weighted by molar-refractivity contribution is 7.18. The van der Waals surface area contributed by atoms with Gasteiger partial charge in [0.25, 0.3) is 0 Å². The van der Waals surface area contributed by atoms with E-state index in [1.54, 1.807) is 31.9 Å². The summed E-state index contributed by atoms with van der Waals surface area (Å²) in [6.45, 7) is 6.54. The van der Waals surface area contributed by atoms with E-state index in [9.17, 15) is 0 Å². The van der Waals surface area contributed by atoms with E-state index in [-0.39, 0.29) is 12.7 Å². The highest BCUT2D eigenvalue weighted by atomic mass is 32.1. The quantitative estimate of drug-likeness (QED) is 0.487. The molecular formula is C24H26N2O4S. The van der Waals surface area contributed by atoms with E-state index in [1.807, 2.05) is 24.3 Å². The summed E-state index contributed by atoms with van der Waals surface area (Å²) in [4.78, 5) is 10.9. The zero-order valence-corrected chi connectivity index (χ0v) is 19.2. The lowest BCUT2D eigenvalue weighted by molar-refractivity contribution is 0.119. The minimum Gasteiger partial charge on any atom is -0.497 e. The molecule has 31 heavy (non-hydrogen) atoms. The molecular weight excluding hydrogens is 412 g/mol. The number of ether oxygens (including phenoxy) is 4. The van der Waals surface area contributed by atoms with E-state index in [0.717, 1.165) is 50.6 Å². The van der Waals surface area contributed by atoms with Crippen LogP contribution in [0.2, 0.25) is 0 Å². The number of aryl methyl sites for hydroxylation is 2. The van der Waals surface area contributed by atoms with Crippen molar-refractivity contribution in [2.75, 3.05) is 20.8 Å². The van der Waals surface area contributed by atoms with Crippen LogP contribution in [0.1, 0.15) is 29.3 Å². The topological polar surface area (TPSA) is 62.7 Å². The molecule has 3 heterocycles. The summed E-state index contributed by atoms with van der Waals surface area (Å²) in [6, 6.07) is 5.82. The van der Waals surface area contributed by atoms with Gasteiger partial charge in [-0.2, -0.15) is 0 Å². The van der Waals surface area contributed by atoms with Gasteiger partial charge in [0.1, 0.15) is 41.1 Å². The minimum absolute atomic E-state index is 0.0408. The number of allylic oxidation sites excluding steroid dienone is 2. The van der Waals surface area contributed by atoms with Gasteiger partial charge >= 0.3 is 0 Å². The van der Waals surface area contributed by atoms with E-state index in [0.29, 0.717) is 5.88 Å². The highest BCUT2D eigenvalue weighted by Crippen LogP contribution is 2.36. The van der Waals surface area contributed by atoms with Crippen molar-refractivity contribution in [1.82, 2.24) is 9.97 Å². The largest absolute Gasteiger partial charge is 0.497 e. The SMILES string of the molecule is CCC1C=C(c2ccc(OC)cc2OC)C=C(COc2ncnc3sc(C)c(C)c23)O1. The number of aromatic nitrogens is 2. The van der Waals surface area contributed by atoms with Crippen molar-refractivity contribution >= 4 is 27.1 Å². The fraction of sp³-hybridized carbons (Fsp3) is 0.333. The van der Waals surface area contributed by atoms with Gasteiger partial charge in [-0.25, -0.2) is 9.97 Å². The molecule has 0 saturated heterocycles. The fourth-order valence-electron chi connectivity index (χ4n) is 3.56. The molecule has 0 fully saturated rings. The van der Waals surface area contributed by atoms with Gasteiger partial charge in [-0.3, -0.25) is 0 Å². The van der Waals surface area contributed by atoms with Crippen LogP contribution >= 0.6 is 11.3 Å². The van der Waals surface area contributed by atoms with Crippen molar-refractivity contribution < 1.29 is 18.9 Å². The maximum atomic E-state index is 6.13. The Morgan fingerprint density at radius 3 is 2.71 bits per heavy atom. The number of fused-ring (bicyclic) bond motifs is 1. The molecule has 1 unspecified atom stereocenters.